The average molecular weight is 375 g/mol. The van der Waals surface area contributed by atoms with Crippen LogP contribution in [0.4, 0.5) is 16.2 Å². The molecule has 140 valence electrons. The third-order valence-corrected chi connectivity index (χ3v) is 4.15. The topological polar surface area (TPSA) is 72.0 Å². The minimum atomic E-state index is -0.446. The Kier molecular flexibility index (Phi) is 4.97. The molecule has 6 nitrogen and oxygen atoms in total. The number of ether oxygens (including phenoxy) is 1. The van der Waals surface area contributed by atoms with Gasteiger partial charge in [0.05, 0.1) is 11.7 Å². The SMILES string of the molecule is CNc1nc(NCc2ccc(Oc3cccnc3)c(F)c2)nc2ccccc12. The summed E-state index contributed by atoms with van der Waals surface area (Å²) >= 11 is 0. The van der Waals surface area contributed by atoms with Gasteiger partial charge >= 0.3 is 0 Å². The number of rotatable bonds is 6. The monoisotopic (exact) mass is 375 g/mol. The highest BCUT2D eigenvalue weighted by atomic mass is 19.1. The number of pyridine rings is 1. The van der Waals surface area contributed by atoms with Gasteiger partial charge in [-0.2, -0.15) is 4.98 Å². The van der Waals surface area contributed by atoms with Crippen LogP contribution < -0.4 is 15.4 Å². The van der Waals surface area contributed by atoms with E-state index in [4.69, 9.17) is 4.74 Å². The summed E-state index contributed by atoms with van der Waals surface area (Å²) in [6.07, 6.45) is 3.16. The molecule has 0 bridgehead atoms. The van der Waals surface area contributed by atoms with Gasteiger partial charge in [-0.25, -0.2) is 9.37 Å². The lowest BCUT2D eigenvalue weighted by molar-refractivity contribution is 0.440. The average Bonchev–Trinajstić information content (AvgIpc) is 2.74. The van der Waals surface area contributed by atoms with Gasteiger partial charge in [0, 0.05) is 25.2 Å². The molecule has 2 N–H and O–H groups in total. The van der Waals surface area contributed by atoms with Crippen LogP contribution in [0.5, 0.6) is 11.5 Å². The maximum absolute atomic E-state index is 14.4. The van der Waals surface area contributed by atoms with Gasteiger partial charge in [0.1, 0.15) is 11.6 Å². The Bertz CT molecular complexity index is 1100. The summed E-state index contributed by atoms with van der Waals surface area (Å²) in [6.45, 7) is 0.381. The maximum Gasteiger partial charge on any atom is 0.225 e. The molecule has 28 heavy (non-hydrogen) atoms. The Balaban J connectivity index is 1.49. The molecule has 0 fully saturated rings. The van der Waals surface area contributed by atoms with Crippen molar-refractivity contribution in [3.05, 3.63) is 78.4 Å². The molecule has 2 heterocycles. The molecule has 0 radical (unpaired) electrons. The van der Waals surface area contributed by atoms with Crippen LogP contribution >= 0.6 is 0 Å². The van der Waals surface area contributed by atoms with Crippen molar-refractivity contribution >= 4 is 22.7 Å². The number of hydrogen-bond acceptors (Lipinski definition) is 6. The molecular weight excluding hydrogens is 357 g/mol. The van der Waals surface area contributed by atoms with E-state index in [1.54, 1.807) is 30.5 Å². The molecule has 0 spiro atoms. The lowest BCUT2D eigenvalue weighted by Crippen LogP contribution is -2.06. The highest BCUT2D eigenvalue weighted by molar-refractivity contribution is 5.89. The number of aromatic nitrogens is 3. The molecule has 2 aromatic carbocycles. The second-order valence-electron chi connectivity index (χ2n) is 6.07. The summed E-state index contributed by atoms with van der Waals surface area (Å²) in [5.74, 6) is 1.39. The van der Waals surface area contributed by atoms with Gasteiger partial charge in [-0.3, -0.25) is 4.98 Å². The molecule has 4 aromatic rings. The molecule has 0 saturated heterocycles. The van der Waals surface area contributed by atoms with Crippen molar-refractivity contribution in [3.63, 3.8) is 0 Å². The summed E-state index contributed by atoms with van der Waals surface area (Å²) in [5, 5.41) is 7.16. The molecular formula is C21H18FN5O. The van der Waals surface area contributed by atoms with Crippen LogP contribution in [0.3, 0.4) is 0 Å². The summed E-state index contributed by atoms with van der Waals surface area (Å²) in [6, 6.07) is 16.0. The molecule has 4 rings (SSSR count). The minimum Gasteiger partial charge on any atom is -0.453 e. The van der Waals surface area contributed by atoms with E-state index in [1.165, 1.54) is 12.3 Å². The van der Waals surface area contributed by atoms with Crippen LogP contribution in [0.15, 0.2) is 67.0 Å². The van der Waals surface area contributed by atoms with Crippen LogP contribution in [-0.2, 0) is 6.54 Å². The summed E-state index contributed by atoms with van der Waals surface area (Å²) < 4.78 is 19.9. The molecule has 0 aliphatic rings. The van der Waals surface area contributed by atoms with Crippen molar-refractivity contribution in [1.82, 2.24) is 15.0 Å². The number of nitrogens with zero attached hydrogens (tertiary/aromatic N) is 3. The second-order valence-corrected chi connectivity index (χ2v) is 6.07. The Hall–Kier alpha value is -3.74. The first kappa shape index (κ1) is 17.7. The van der Waals surface area contributed by atoms with Gasteiger partial charge in [-0.1, -0.05) is 18.2 Å². The van der Waals surface area contributed by atoms with E-state index in [0.29, 0.717) is 18.2 Å². The van der Waals surface area contributed by atoms with Crippen LogP contribution in [0.1, 0.15) is 5.56 Å². The van der Waals surface area contributed by atoms with Gasteiger partial charge < -0.3 is 15.4 Å². The van der Waals surface area contributed by atoms with E-state index in [2.05, 4.69) is 25.6 Å². The predicted molar refractivity (Wildman–Crippen MR) is 107 cm³/mol. The van der Waals surface area contributed by atoms with Gasteiger partial charge in [-0.05, 0) is 42.0 Å². The lowest BCUT2D eigenvalue weighted by Gasteiger charge is -2.11. The zero-order valence-electron chi connectivity index (χ0n) is 15.2. The smallest absolute Gasteiger partial charge is 0.225 e. The summed E-state index contributed by atoms with van der Waals surface area (Å²) in [4.78, 5) is 12.9. The van der Waals surface area contributed by atoms with Gasteiger partial charge in [0.15, 0.2) is 11.6 Å². The number of anilines is 2. The van der Waals surface area contributed by atoms with Crippen molar-refractivity contribution < 1.29 is 9.13 Å². The number of halogens is 1. The third kappa shape index (κ3) is 3.83. The largest absolute Gasteiger partial charge is 0.453 e. The van der Waals surface area contributed by atoms with Crippen molar-refractivity contribution in [2.75, 3.05) is 17.7 Å². The number of hydrogen-bond donors (Lipinski definition) is 2. The minimum absolute atomic E-state index is 0.149. The zero-order valence-corrected chi connectivity index (χ0v) is 15.2. The van der Waals surface area contributed by atoms with Gasteiger partial charge in [0.2, 0.25) is 5.95 Å². The molecule has 0 aliphatic heterocycles. The fraction of sp³-hybridized carbons (Fsp3) is 0.0952. The Morgan fingerprint density at radius 2 is 1.93 bits per heavy atom. The molecule has 7 heteroatoms. The fourth-order valence-electron chi connectivity index (χ4n) is 2.80. The first-order chi connectivity index (χ1) is 13.7. The van der Waals surface area contributed by atoms with Crippen molar-refractivity contribution in [2.45, 2.75) is 6.54 Å². The zero-order chi connectivity index (χ0) is 19.3. The van der Waals surface area contributed by atoms with E-state index in [9.17, 15) is 4.39 Å². The van der Waals surface area contributed by atoms with E-state index in [1.807, 2.05) is 31.3 Å². The normalized spacial score (nSPS) is 10.6. The molecule has 0 atom stereocenters. The summed E-state index contributed by atoms with van der Waals surface area (Å²) in [7, 11) is 1.81. The van der Waals surface area contributed by atoms with Crippen molar-refractivity contribution in [3.8, 4) is 11.5 Å². The van der Waals surface area contributed by atoms with Gasteiger partial charge in [-0.15, -0.1) is 0 Å². The van der Waals surface area contributed by atoms with E-state index in [-0.39, 0.29) is 5.75 Å². The predicted octanol–water partition coefficient (Wildman–Crippen LogP) is 4.61. The van der Waals surface area contributed by atoms with E-state index < -0.39 is 5.82 Å². The maximum atomic E-state index is 14.4. The second kappa shape index (κ2) is 7.87. The molecule has 0 aliphatic carbocycles. The molecule has 0 saturated carbocycles. The van der Waals surface area contributed by atoms with Crippen molar-refractivity contribution in [2.24, 2.45) is 0 Å². The standard InChI is InChI=1S/C21H18FN5O/c1-23-20-16-6-2-3-7-18(16)26-21(27-20)25-12-14-8-9-19(17(22)11-14)28-15-5-4-10-24-13-15/h2-11,13H,12H2,1H3,(H2,23,25,26,27). The fourth-order valence-corrected chi connectivity index (χ4v) is 2.80. The molecule has 0 unspecified atom stereocenters. The Labute approximate surface area is 161 Å². The number of fused-ring (bicyclic) bond motifs is 1. The number of para-hydroxylation sites is 1. The Morgan fingerprint density at radius 3 is 2.71 bits per heavy atom. The number of benzene rings is 2. The quantitative estimate of drug-likeness (QED) is 0.513. The summed E-state index contributed by atoms with van der Waals surface area (Å²) in [5.41, 5.74) is 1.58. The number of nitrogens with one attached hydrogen (secondary N) is 2. The molecule has 2 aromatic heterocycles. The van der Waals surface area contributed by atoms with E-state index in [0.717, 1.165) is 22.3 Å². The first-order valence-corrected chi connectivity index (χ1v) is 8.77. The van der Waals surface area contributed by atoms with Gasteiger partial charge in [0.25, 0.3) is 0 Å². The Morgan fingerprint density at radius 1 is 1.04 bits per heavy atom. The highest BCUT2D eigenvalue weighted by Gasteiger charge is 2.09. The van der Waals surface area contributed by atoms with E-state index >= 15 is 0 Å². The van der Waals surface area contributed by atoms with Crippen LogP contribution in [-0.4, -0.2) is 22.0 Å². The lowest BCUT2D eigenvalue weighted by atomic mass is 10.2. The third-order valence-electron chi connectivity index (χ3n) is 4.15. The van der Waals surface area contributed by atoms with Crippen LogP contribution in [0, 0.1) is 5.82 Å². The highest BCUT2D eigenvalue weighted by Crippen LogP contribution is 2.25. The van der Waals surface area contributed by atoms with Crippen LogP contribution in [0.25, 0.3) is 10.9 Å². The molecule has 0 amide bonds. The van der Waals surface area contributed by atoms with Crippen molar-refractivity contribution in [1.29, 1.82) is 0 Å². The first-order valence-electron chi connectivity index (χ1n) is 8.77. The van der Waals surface area contributed by atoms with Crippen LogP contribution in [0.2, 0.25) is 0 Å².